The molecule has 0 radical (unpaired) electrons. The molecule has 1 heterocycles. The fourth-order valence-electron chi connectivity index (χ4n) is 1.72. The molecule has 3 heteroatoms. The van der Waals surface area contributed by atoms with Gasteiger partial charge in [0.25, 0.3) is 0 Å². The molecule has 0 saturated heterocycles. The predicted octanol–water partition coefficient (Wildman–Crippen LogP) is 3.03. The normalized spacial score (nSPS) is 12.9. The molecule has 0 bridgehead atoms. The fourth-order valence-corrected chi connectivity index (χ4v) is 1.72. The van der Waals surface area contributed by atoms with Crippen molar-refractivity contribution in [3.63, 3.8) is 0 Å². The van der Waals surface area contributed by atoms with Gasteiger partial charge >= 0.3 is 0 Å². The third-order valence-corrected chi connectivity index (χ3v) is 2.59. The first-order valence-corrected chi connectivity index (χ1v) is 6.11. The molecule has 0 fully saturated rings. The van der Waals surface area contributed by atoms with Crippen LogP contribution < -0.4 is 5.32 Å². The summed E-state index contributed by atoms with van der Waals surface area (Å²) < 4.78 is 0. The van der Waals surface area contributed by atoms with Crippen LogP contribution in [-0.4, -0.2) is 16.5 Å². The van der Waals surface area contributed by atoms with Crippen LogP contribution in [0.3, 0.4) is 0 Å². The Hall–Kier alpha value is -0.830. The number of aromatic nitrogens is 2. The average Bonchev–Trinajstić information content (AvgIpc) is 2.76. The van der Waals surface area contributed by atoms with Gasteiger partial charge in [0.2, 0.25) is 0 Å². The van der Waals surface area contributed by atoms with E-state index in [1.54, 1.807) is 0 Å². The molecule has 1 aromatic rings. The molecule has 0 aliphatic heterocycles. The maximum atomic E-state index is 4.33. The highest BCUT2D eigenvalue weighted by Gasteiger charge is 2.11. The van der Waals surface area contributed by atoms with Gasteiger partial charge in [-0.05, 0) is 19.4 Å². The quantitative estimate of drug-likeness (QED) is 0.646. The van der Waals surface area contributed by atoms with Crippen molar-refractivity contribution >= 4 is 0 Å². The number of nitrogens with zero attached hydrogens (tertiary/aromatic N) is 1. The van der Waals surface area contributed by atoms with Crippen molar-refractivity contribution in [3.05, 3.63) is 18.2 Å². The molecule has 1 aromatic heterocycles. The number of hydrogen-bond acceptors (Lipinski definition) is 2. The Balaban J connectivity index is 2.39. The molecule has 0 amide bonds. The van der Waals surface area contributed by atoms with E-state index < -0.39 is 0 Å². The molecular weight excluding hydrogens is 186 g/mol. The monoisotopic (exact) mass is 209 g/mol. The zero-order valence-electron chi connectivity index (χ0n) is 9.92. The summed E-state index contributed by atoms with van der Waals surface area (Å²) in [4.78, 5) is 7.53. The van der Waals surface area contributed by atoms with Crippen LogP contribution in [0, 0.1) is 0 Å². The number of nitrogens with one attached hydrogen (secondary N) is 2. The van der Waals surface area contributed by atoms with Crippen LogP contribution >= 0.6 is 0 Å². The van der Waals surface area contributed by atoms with E-state index in [0.717, 1.165) is 12.4 Å². The number of H-pyrrole nitrogens is 1. The first-order valence-electron chi connectivity index (χ1n) is 6.11. The van der Waals surface area contributed by atoms with Crippen LogP contribution in [0.2, 0.25) is 0 Å². The lowest BCUT2D eigenvalue weighted by atomic mass is 10.1. The van der Waals surface area contributed by atoms with E-state index in [2.05, 4.69) is 29.1 Å². The first-order chi connectivity index (χ1) is 7.38. The maximum absolute atomic E-state index is 4.33. The lowest BCUT2D eigenvalue weighted by Crippen LogP contribution is -2.23. The van der Waals surface area contributed by atoms with Gasteiger partial charge in [0.15, 0.2) is 0 Å². The van der Waals surface area contributed by atoms with Gasteiger partial charge in [0.1, 0.15) is 5.82 Å². The zero-order chi connectivity index (χ0) is 10.9. The summed E-state index contributed by atoms with van der Waals surface area (Å²) in [6, 6.07) is 0.409. The summed E-state index contributed by atoms with van der Waals surface area (Å²) in [5.41, 5.74) is 0. The fraction of sp³-hybridized carbons (Fsp3) is 0.750. The van der Waals surface area contributed by atoms with Gasteiger partial charge in [0.05, 0.1) is 6.04 Å². The minimum Gasteiger partial charge on any atom is -0.347 e. The van der Waals surface area contributed by atoms with Crippen molar-refractivity contribution in [1.82, 2.24) is 15.3 Å². The topological polar surface area (TPSA) is 40.7 Å². The van der Waals surface area contributed by atoms with Crippen LogP contribution in [0.25, 0.3) is 0 Å². The minimum absolute atomic E-state index is 0.409. The summed E-state index contributed by atoms with van der Waals surface area (Å²) in [7, 11) is 0. The first kappa shape index (κ1) is 12.2. The van der Waals surface area contributed by atoms with Crippen molar-refractivity contribution in [2.24, 2.45) is 0 Å². The predicted molar refractivity (Wildman–Crippen MR) is 63.8 cm³/mol. The van der Waals surface area contributed by atoms with Gasteiger partial charge < -0.3 is 10.3 Å². The van der Waals surface area contributed by atoms with Gasteiger partial charge in [-0.15, -0.1) is 0 Å². The van der Waals surface area contributed by atoms with Gasteiger partial charge in [-0.25, -0.2) is 4.98 Å². The Morgan fingerprint density at radius 2 is 2.20 bits per heavy atom. The number of hydrogen-bond donors (Lipinski definition) is 2. The standard InChI is InChI=1S/C12H23N3/c1-3-5-6-7-11(13-8-4-2)12-14-9-10-15-12/h9-11,13H,3-8H2,1-2H3,(H,14,15). The maximum Gasteiger partial charge on any atom is 0.123 e. The van der Waals surface area contributed by atoms with Gasteiger partial charge in [-0.2, -0.15) is 0 Å². The molecule has 0 aliphatic carbocycles. The summed E-state index contributed by atoms with van der Waals surface area (Å²) in [5.74, 6) is 1.08. The number of unbranched alkanes of at least 4 members (excludes halogenated alkanes) is 2. The molecule has 0 aliphatic rings. The number of rotatable bonds is 8. The third kappa shape index (κ3) is 4.47. The molecule has 86 valence electrons. The van der Waals surface area contributed by atoms with E-state index in [-0.39, 0.29) is 0 Å². The molecule has 1 atom stereocenters. The number of aromatic amines is 1. The Bertz CT molecular complexity index is 231. The Labute approximate surface area is 92.7 Å². The van der Waals surface area contributed by atoms with Crippen LogP contribution in [0.4, 0.5) is 0 Å². The van der Waals surface area contributed by atoms with E-state index in [1.807, 2.05) is 12.4 Å². The third-order valence-electron chi connectivity index (χ3n) is 2.59. The summed E-state index contributed by atoms with van der Waals surface area (Å²) in [6.07, 6.45) is 9.94. The summed E-state index contributed by atoms with van der Waals surface area (Å²) in [5, 5.41) is 3.54. The number of imidazole rings is 1. The smallest absolute Gasteiger partial charge is 0.123 e. The molecule has 1 unspecified atom stereocenters. The second kappa shape index (κ2) is 7.46. The molecule has 2 N–H and O–H groups in total. The Morgan fingerprint density at radius 1 is 1.33 bits per heavy atom. The van der Waals surface area contributed by atoms with E-state index in [0.29, 0.717) is 6.04 Å². The second-order valence-corrected chi connectivity index (χ2v) is 3.98. The van der Waals surface area contributed by atoms with Crippen LogP contribution in [0.15, 0.2) is 12.4 Å². The Morgan fingerprint density at radius 3 is 2.80 bits per heavy atom. The molecule has 1 rings (SSSR count). The molecular formula is C12H23N3. The lowest BCUT2D eigenvalue weighted by molar-refractivity contribution is 0.458. The van der Waals surface area contributed by atoms with Gasteiger partial charge in [-0.1, -0.05) is 33.1 Å². The minimum atomic E-state index is 0.409. The molecule has 0 aromatic carbocycles. The largest absolute Gasteiger partial charge is 0.347 e. The van der Waals surface area contributed by atoms with Crippen LogP contribution in [-0.2, 0) is 0 Å². The average molecular weight is 209 g/mol. The van der Waals surface area contributed by atoms with Crippen LogP contribution in [0.5, 0.6) is 0 Å². The van der Waals surface area contributed by atoms with Crippen molar-refractivity contribution in [2.75, 3.05) is 6.54 Å². The van der Waals surface area contributed by atoms with Crippen molar-refractivity contribution in [1.29, 1.82) is 0 Å². The van der Waals surface area contributed by atoms with Gasteiger partial charge in [0, 0.05) is 12.4 Å². The SMILES string of the molecule is CCCCCC(NCCC)c1ncc[nH]1. The summed E-state index contributed by atoms with van der Waals surface area (Å²) >= 11 is 0. The lowest BCUT2D eigenvalue weighted by Gasteiger charge is -2.15. The van der Waals surface area contributed by atoms with Crippen molar-refractivity contribution in [3.8, 4) is 0 Å². The molecule has 0 saturated carbocycles. The zero-order valence-corrected chi connectivity index (χ0v) is 9.92. The van der Waals surface area contributed by atoms with E-state index >= 15 is 0 Å². The van der Waals surface area contributed by atoms with Crippen LogP contribution in [0.1, 0.15) is 57.8 Å². The van der Waals surface area contributed by atoms with E-state index in [1.165, 1.54) is 32.1 Å². The molecule has 0 spiro atoms. The van der Waals surface area contributed by atoms with Gasteiger partial charge in [-0.3, -0.25) is 0 Å². The molecule has 15 heavy (non-hydrogen) atoms. The highest BCUT2D eigenvalue weighted by Crippen LogP contribution is 2.16. The van der Waals surface area contributed by atoms with Crippen molar-refractivity contribution < 1.29 is 0 Å². The molecule has 3 nitrogen and oxygen atoms in total. The highest BCUT2D eigenvalue weighted by molar-refractivity contribution is 4.95. The highest BCUT2D eigenvalue weighted by atomic mass is 15.0. The van der Waals surface area contributed by atoms with Crippen molar-refractivity contribution in [2.45, 2.75) is 52.0 Å². The van der Waals surface area contributed by atoms with E-state index in [4.69, 9.17) is 0 Å². The Kier molecular flexibility index (Phi) is 6.09. The second-order valence-electron chi connectivity index (χ2n) is 3.98. The van der Waals surface area contributed by atoms with E-state index in [9.17, 15) is 0 Å². The summed E-state index contributed by atoms with van der Waals surface area (Å²) in [6.45, 7) is 5.50.